The van der Waals surface area contributed by atoms with E-state index in [1.165, 1.54) is 0 Å². The summed E-state index contributed by atoms with van der Waals surface area (Å²) in [6, 6.07) is 5.38. The van der Waals surface area contributed by atoms with E-state index >= 15 is 0 Å². The van der Waals surface area contributed by atoms with E-state index in [0.29, 0.717) is 19.0 Å². The van der Waals surface area contributed by atoms with Gasteiger partial charge >= 0.3 is 0 Å². The first-order chi connectivity index (χ1) is 7.18. The molecule has 1 aromatic carbocycles. The highest BCUT2D eigenvalue weighted by Gasteiger charge is 2.18. The van der Waals surface area contributed by atoms with Crippen LogP contribution >= 0.6 is 11.6 Å². The molecule has 0 aliphatic carbocycles. The Hall–Kier alpha value is -0.930. The summed E-state index contributed by atoms with van der Waals surface area (Å²) in [6.45, 7) is 2.87. The van der Waals surface area contributed by atoms with Crippen LogP contribution in [0.3, 0.4) is 0 Å². The van der Waals surface area contributed by atoms with Crippen molar-refractivity contribution in [1.82, 2.24) is 0 Å². The maximum Gasteiger partial charge on any atom is 0.161 e. The van der Waals surface area contributed by atoms with Gasteiger partial charge in [-0.15, -0.1) is 11.6 Å². The van der Waals surface area contributed by atoms with Gasteiger partial charge in [0.15, 0.2) is 11.5 Å². The molecule has 1 aliphatic rings. The van der Waals surface area contributed by atoms with Crippen LogP contribution in [0.4, 0.5) is 0 Å². The number of fused-ring (bicyclic) bond motifs is 1. The first-order valence-corrected chi connectivity index (χ1v) is 5.34. The van der Waals surface area contributed by atoms with E-state index in [1.807, 2.05) is 0 Å². The molecule has 1 aromatic rings. The summed E-state index contributed by atoms with van der Waals surface area (Å²) < 4.78 is 10.8. The fourth-order valence-corrected chi connectivity index (χ4v) is 1.65. The molecule has 0 amide bonds. The maximum absolute atomic E-state index is 9.77. The quantitative estimate of drug-likeness (QED) is 0.788. The highest BCUT2D eigenvalue weighted by Crippen LogP contribution is 2.33. The molecular formula is C11H13ClO3. The molecule has 3 nitrogen and oxygen atoms in total. The fourth-order valence-electron chi connectivity index (χ4n) is 1.51. The Balaban J connectivity index is 2.27. The van der Waals surface area contributed by atoms with Gasteiger partial charge in [0, 0.05) is 0 Å². The normalized spacial score (nSPS) is 18.3. The molecule has 0 fully saturated rings. The lowest BCUT2D eigenvalue weighted by Crippen LogP contribution is -2.16. The number of halogens is 1. The van der Waals surface area contributed by atoms with Crippen LogP contribution in [0.25, 0.3) is 0 Å². The van der Waals surface area contributed by atoms with Gasteiger partial charge in [-0.05, 0) is 24.6 Å². The van der Waals surface area contributed by atoms with E-state index in [-0.39, 0.29) is 5.38 Å². The minimum absolute atomic E-state index is 0.326. The molecule has 2 unspecified atom stereocenters. The van der Waals surface area contributed by atoms with Crippen LogP contribution in [0.1, 0.15) is 18.6 Å². The van der Waals surface area contributed by atoms with Crippen molar-refractivity contribution in [2.24, 2.45) is 0 Å². The van der Waals surface area contributed by atoms with Gasteiger partial charge in [0.05, 0.1) is 11.5 Å². The number of benzene rings is 1. The monoisotopic (exact) mass is 228 g/mol. The van der Waals surface area contributed by atoms with Gasteiger partial charge in [-0.2, -0.15) is 0 Å². The summed E-state index contributed by atoms with van der Waals surface area (Å²) in [7, 11) is 0. The molecule has 1 aliphatic heterocycles. The summed E-state index contributed by atoms with van der Waals surface area (Å²) in [5, 5.41) is 9.44. The molecule has 82 valence electrons. The van der Waals surface area contributed by atoms with Gasteiger partial charge in [-0.1, -0.05) is 6.07 Å². The van der Waals surface area contributed by atoms with E-state index in [1.54, 1.807) is 25.1 Å². The second-order valence-corrected chi connectivity index (χ2v) is 4.21. The lowest BCUT2D eigenvalue weighted by Gasteiger charge is -2.20. The second-order valence-electron chi connectivity index (χ2n) is 3.53. The number of hydrogen-bond donors (Lipinski definition) is 1. The third kappa shape index (κ3) is 2.19. The SMILES string of the molecule is CC(Cl)C(O)c1ccc2c(c1)OCCO2. The predicted octanol–water partition coefficient (Wildman–Crippen LogP) is 2.12. The van der Waals surface area contributed by atoms with Gasteiger partial charge in [-0.3, -0.25) is 0 Å². The third-order valence-electron chi connectivity index (χ3n) is 2.34. The Morgan fingerprint density at radius 2 is 1.93 bits per heavy atom. The van der Waals surface area contributed by atoms with Crippen molar-refractivity contribution in [3.8, 4) is 11.5 Å². The smallest absolute Gasteiger partial charge is 0.161 e. The zero-order valence-corrected chi connectivity index (χ0v) is 9.20. The molecule has 0 saturated carbocycles. The van der Waals surface area contributed by atoms with E-state index < -0.39 is 6.10 Å². The molecule has 0 spiro atoms. The highest BCUT2D eigenvalue weighted by molar-refractivity contribution is 6.20. The fraction of sp³-hybridized carbons (Fsp3) is 0.455. The predicted molar refractivity (Wildman–Crippen MR) is 57.7 cm³/mol. The van der Waals surface area contributed by atoms with E-state index in [2.05, 4.69) is 0 Å². The van der Waals surface area contributed by atoms with Crippen molar-refractivity contribution in [2.45, 2.75) is 18.4 Å². The first kappa shape index (κ1) is 10.6. The molecule has 2 atom stereocenters. The Morgan fingerprint density at radius 3 is 2.60 bits per heavy atom. The highest BCUT2D eigenvalue weighted by atomic mass is 35.5. The van der Waals surface area contributed by atoms with Crippen molar-refractivity contribution >= 4 is 11.6 Å². The Bertz CT molecular complexity index is 352. The van der Waals surface area contributed by atoms with Gasteiger partial charge in [0.2, 0.25) is 0 Å². The first-order valence-electron chi connectivity index (χ1n) is 4.90. The second kappa shape index (κ2) is 4.29. The van der Waals surface area contributed by atoms with E-state index in [4.69, 9.17) is 21.1 Å². The largest absolute Gasteiger partial charge is 0.486 e. The summed E-state index contributed by atoms with van der Waals surface area (Å²) >= 11 is 5.82. The number of rotatable bonds is 2. The van der Waals surface area contributed by atoms with Crippen molar-refractivity contribution < 1.29 is 14.6 Å². The van der Waals surface area contributed by atoms with Gasteiger partial charge < -0.3 is 14.6 Å². The summed E-state index contributed by atoms with van der Waals surface area (Å²) in [4.78, 5) is 0. The van der Waals surface area contributed by atoms with Crippen LogP contribution in [-0.4, -0.2) is 23.7 Å². The van der Waals surface area contributed by atoms with Crippen molar-refractivity contribution in [3.63, 3.8) is 0 Å². The van der Waals surface area contributed by atoms with E-state index in [9.17, 15) is 5.11 Å². The molecule has 0 radical (unpaired) electrons. The Morgan fingerprint density at radius 1 is 1.27 bits per heavy atom. The van der Waals surface area contributed by atoms with Crippen LogP contribution in [0.2, 0.25) is 0 Å². The third-order valence-corrected chi connectivity index (χ3v) is 2.58. The van der Waals surface area contributed by atoms with Crippen LogP contribution < -0.4 is 9.47 Å². The van der Waals surface area contributed by atoms with Crippen LogP contribution in [-0.2, 0) is 0 Å². The average molecular weight is 229 g/mol. The molecular weight excluding hydrogens is 216 g/mol. The molecule has 1 N–H and O–H groups in total. The van der Waals surface area contributed by atoms with E-state index in [0.717, 1.165) is 11.3 Å². The molecule has 0 saturated heterocycles. The van der Waals surface area contributed by atoms with Crippen molar-refractivity contribution in [3.05, 3.63) is 23.8 Å². The lowest BCUT2D eigenvalue weighted by molar-refractivity contribution is 0.164. The minimum atomic E-state index is -0.678. The lowest BCUT2D eigenvalue weighted by atomic mass is 10.1. The standard InChI is InChI=1S/C11H13ClO3/c1-7(12)11(13)8-2-3-9-10(6-8)15-5-4-14-9/h2-3,6-7,11,13H,4-5H2,1H3. The molecule has 15 heavy (non-hydrogen) atoms. The topological polar surface area (TPSA) is 38.7 Å². The van der Waals surface area contributed by atoms with Crippen LogP contribution in [0, 0.1) is 0 Å². The Kier molecular flexibility index (Phi) is 3.03. The minimum Gasteiger partial charge on any atom is -0.486 e. The Labute approximate surface area is 93.6 Å². The zero-order valence-electron chi connectivity index (χ0n) is 8.44. The van der Waals surface area contributed by atoms with Crippen LogP contribution in [0.15, 0.2) is 18.2 Å². The van der Waals surface area contributed by atoms with Gasteiger partial charge in [-0.25, -0.2) is 0 Å². The van der Waals surface area contributed by atoms with Gasteiger partial charge in [0.1, 0.15) is 13.2 Å². The number of aliphatic hydroxyl groups is 1. The average Bonchev–Trinajstić information content (AvgIpc) is 2.27. The summed E-state index contributed by atoms with van der Waals surface area (Å²) in [5.41, 5.74) is 0.752. The summed E-state index contributed by atoms with van der Waals surface area (Å²) in [5.74, 6) is 1.40. The molecule has 0 aromatic heterocycles. The molecule has 0 bridgehead atoms. The maximum atomic E-state index is 9.77. The van der Waals surface area contributed by atoms with Crippen molar-refractivity contribution in [1.29, 1.82) is 0 Å². The molecule has 2 rings (SSSR count). The zero-order chi connectivity index (χ0) is 10.8. The van der Waals surface area contributed by atoms with Crippen LogP contribution in [0.5, 0.6) is 11.5 Å². The van der Waals surface area contributed by atoms with Gasteiger partial charge in [0.25, 0.3) is 0 Å². The number of ether oxygens (including phenoxy) is 2. The molecule has 1 heterocycles. The van der Waals surface area contributed by atoms with Crippen molar-refractivity contribution in [2.75, 3.05) is 13.2 Å². The molecule has 4 heteroatoms. The number of hydrogen-bond acceptors (Lipinski definition) is 3. The number of aliphatic hydroxyl groups excluding tert-OH is 1. The number of alkyl halides is 1. The summed E-state index contributed by atoms with van der Waals surface area (Å²) in [6.07, 6.45) is -0.678.